The summed E-state index contributed by atoms with van der Waals surface area (Å²) >= 11 is 5.89. The molecule has 1 heterocycles. The summed E-state index contributed by atoms with van der Waals surface area (Å²) in [6.07, 6.45) is 1.92. The van der Waals surface area contributed by atoms with Crippen LogP contribution in [0.4, 0.5) is 4.39 Å². The summed E-state index contributed by atoms with van der Waals surface area (Å²) in [4.78, 5) is 14.1. The fourth-order valence-corrected chi connectivity index (χ4v) is 3.11. The third kappa shape index (κ3) is 3.55. The van der Waals surface area contributed by atoms with Gasteiger partial charge in [-0.05, 0) is 24.8 Å². The van der Waals surface area contributed by atoms with Crippen molar-refractivity contribution < 1.29 is 9.18 Å². The Morgan fingerprint density at radius 3 is 2.86 bits per heavy atom. The quantitative estimate of drug-likeness (QED) is 0.928. The van der Waals surface area contributed by atoms with Crippen LogP contribution in [-0.4, -0.2) is 23.4 Å². The third-order valence-corrected chi connectivity index (χ3v) is 4.14. The van der Waals surface area contributed by atoms with Gasteiger partial charge in [-0.1, -0.05) is 37.6 Å². The molecule has 1 aromatic rings. The Morgan fingerprint density at radius 2 is 2.19 bits per heavy atom. The van der Waals surface area contributed by atoms with Crippen molar-refractivity contribution in [3.05, 3.63) is 34.6 Å². The van der Waals surface area contributed by atoms with Crippen LogP contribution in [0.3, 0.4) is 0 Å². The highest BCUT2D eigenvalue weighted by atomic mass is 35.5. The number of nitrogens with two attached hydrogens (primary N) is 1. The molecule has 116 valence electrons. The van der Waals surface area contributed by atoms with Crippen LogP contribution in [-0.2, 0) is 4.79 Å². The summed E-state index contributed by atoms with van der Waals surface area (Å²) in [7, 11) is 0. The number of carbonyl (C=O) groups is 1. The molecule has 3 nitrogen and oxygen atoms in total. The van der Waals surface area contributed by atoms with Crippen molar-refractivity contribution in [2.24, 2.45) is 11.7 Å². The molecule has 1 aliphatic rings. The normalized spacial score (nSPS) is 23.5. The molecule has 0 aromatic heterocycles. The highest BCUT2D eigenvalue weighted by molar-refractivity contribution is 6.30. The van der Waals surface area contributed by atoms with Gasteiger partial charge in [0.15, 0.2) is 0 Å². The predicted octanol–water partition coefficient (Wildman–Crippen LogP) is 3.52. The van der Waals surface area contributed by atoms with Crippen molar-refractivity contribution in [1.29, 1.82) is 0 Å². The molecular weight excluding hydrogens is 291 g/mol. The van der Waals surface area contributed by atoms with Crippen LogP contribution in [0.1, 0.15) is 44.7 Å². The first-order valence-electron chi connectivity index (χ1n) is 7.40. The zero-order chi connectivity index (χ0) is 15.6. The largest absolute Gasteiger partial charge is 0.334 e. The van der Waals surface area contributed by atoms with Gasteiger partial charge in [-0.2, -0.15) is 0 Å². The summed E-state index contributed by atoms with van der Waals surface area (Å²) in [6, 6.07) is 4.18. The second-order valence-electron chi connectivity index (χ2n) is 6.08. The molecule has 2 unspecified atom stereocenters. The summed E-state index contributed by atoms with van der Waals surface area (Å²) in [5.41, 5.74) is 6.68. The molecule has 21 heavy (non-hydrogen) atoms. The van der Waals surface area contributed by atoms with Crippen LogP contribution in [0.25, 0.3) is 0 Å². The molecule has 0 spiro atoms. The van der Waals surface area contributed by atoms with Gasteiger partial charge in [0.25, 0.3) is 0 Å². The standard InChI is InChI=1S/C16H22ClFN2O/c1-10(2)9-20-14(21)8-4-7-13(19)16(20)11-5-3-6-12(17)15(11)18/h3,5-6,10,13,16H,4,7-9,19H2,1-2H3. The van der Waals surface area contributed by atoms with Crippen LogP contribution in [0, 0.1) is 11.7 Å². The minimum Gasteiger partial charge on any atom is -0.334 e. The minimum absolute atomic E-state index is 0.0426. The molecule has 5 heteroatoms. The van der Waals surface area contributed by atoms with Crippen molar-refractivity contribution in [3.8, 4) is 0 Å². The number of benzene rings is 1. The number of halogens is 2. The van der Waals surface area contributed by atoms with Crippen LogP contribution in [0.2, 0.25) is 5.02 Å². The molecule has 2 atom stereocenters. The maximum Gasteiger partial charge on any atom is 0.223 e. The van der Waals surface area contributed by atoms with Crippen LogP contribution >= 0.6 is 11.6 Å². The van der Waals surface area contributed by atoms with E-state index in [1.54, 1.807) is 17.0 Å². The number of nitrogens with zero attached hydrogens (tertiary/aromatic N) is 1. The summed E-state index contributed by atoms with van der Waals surface area (Å²) in [5, 5.41) is 0.0703. The van der Waals surface area contributed by atoms with E-state index in [9.17, 15) is 9.18 Å². The van der Waals surface area contributed by atoms with E-state index < -0.39 is 11.9 Å². The fourth-order valence-electron chi connectivity index (χ4n) is 2.93. The highest BCUT2D eigenvalue weighted by Gasteiger charge is 2.34. The Kier molecular flexibility index (Phi) is 5.22. The number of amides is 1. The lowest BCUT2D eigenvalue weighted by Gasteiger charge is -2.35. The molecule has 0 radical (unpaired) electrons. The first-order valence-corrected chi connectivity index (χ1v) is 7.78. The summed E-state index contributed by atoms with van der Waals surface area (Å²) in [5.74, 6) is -0.131. The number of rotatable bonds is 3. The predicted molar refractivity (Wildman–Crippen MR) is 82.5 cm³/mol. The van der Waals surface area contributed by atoms with Crippen LogP contribution in [0.15, 0.2) is 18.2 Å². The smallest absolute Gasteiger partial charge is 0.223 e. The van der Waals surface area contributed by atoms with Gasteiger partial charge in [-0.15, -0.1) is 0 Å². The topological polar surface area (TPSA) is 46.3 Å². The Bertz CT molecular complexity index is 521. The maximum atomic E-state index is 14.4. The Balaban J connectivity index is 2.46. The maximum absolute atomic E-state index is 14.4. The van der Waals surface area contributed by atoms with E-state index in [0.717, 1.165) is 6.42 Å². The lowest BCUT2D eigenvalue weighted by atomic mass is 9.95. The van der Waals surface area contributed by atoms with E-state index >= 15 is 0 Å². The second-order valence-corrected chi connectivity index (χ2v) is 6.49. The van der Waals surface area contributed by atoms with E-state index in [0.29, 0.717) is 30.9 Å². The monoisotopic (exact) mass is 312 g/mol. The molecule has 0 saturated carbocycles. The zero-order valence-electron chi connectivity index (χ0n) is 12.5. The van der Waals surface area contributed by atoms with E-state index in [-0.39, 0.29) is 17.0 Å². The van der Waals surface area contributed by atoms with E-state index in [2.05, 4.69) is 0 Å². The molecule has 1 fully saturated rings. The lowest BCUT2D eigenvalue weighted by Crippen LogP contribution is -2.44. The average Bonchev–Trinajstić information content (AvgIpc) is 2.53. The van der Waals surface area contributed by atoms with Gasteiger partial charge in [0.1, 0.15) is 5.82 Å². The minimum atomic E-state index is -0.469. The molecule has 0 bridgehead atoms. The van der Waals surface area contributed by atoms with Gasteiger partial charge in [-0.25, -0.2) is 4.39 Å². The SMILES string of the molecule is CC(C)CN1C(=O)CCCC(N)C1c1cccc(Cl)c1F. The first kappa shape index (κ1) is 16.2. The first-order chi connectivity index (χ1) is 9.91. The zero-order valence-corrected chi connectivity index (χ0v) is 13.2. The van der Waals surface area contributed by atoms with E-state index in [1.165, 1.54) is 6.07 Å². The van der Waals surface area contributed by atoms with Gasteiger partial charge in [0.2, 0.25) is 5.91 Å². The number of likely N-dealkylation sites (tertiary alicyclic amines) is 1. The highest BCUT2D eigenvalue weighted by Crippen LogP contribution is 2.34. The third-order valence-electron chi connectivity index (χ3n) is 3.85. The number of carbonyl (C=O) groups excluding carboxylic acids is 1. The Morgan fingerprint density at radius 1 is 1.48 bits per heavy atom. The molecule has 1 saturated heterocycles. The van der Waals surface area contributed by atoms with E-state index in [1.807, 2.05) is 13.8 Å². The summed E-state index contributed by atoms with van der Waals surface area (Å²) in [6.45, 7) is 4.65. The van der Waals surface area contributed by atoms with Crippen LogP contribution in [0.5, 0.6) is 0 Å². The molecule has 1 aliphatic heterocycles. The van der Waals surface area contributed by atoms with Gasteiger partial charge >= 0.3 is 0 Å². The molecule has 1 aromatic carbocycles. The molecule has 2 N–H and O–H groups in total. The number of hydrogen-bond acceptors (Lipinski definition) is 2. The Labute approximate surface area is 130 Å². The molecular formula is C16H22ClFN2O. The lowest BCUT2D eigenvalue weighted by molar-refractivity contribution is -0.133. The van der Waals surface area contributed by atoms with Gasteiger partial charge < -0.3 is 10.6 Å². The van der Waals surface area contributed by atoms with Crippen molar-refractivity contribution in [3.63, 3.8) is 0 Å². The van der Waals surface area contributed by atoms with Crippen LogP contribution < -0.4 is 5.73 Å². The van der Waals surface area contributed by atoms with Crippen molar-refractivity contribution in [2.75, 3.05) is 6.54 Å². The fraction of sp³-hybridized carbons (Fsp3) is 0.562. The number of hydrogen-bond donors (Lipinski definition) is 1. The van der Waals surface area contributed by atoms with Crippen molar-refractivity contribution in [1.82, 2.24) is 4.90 Å². The average molecular weight is 313 g/mol. The van der Waals surface area contributed by atoms with Crippen molar-refractivity contribution >= 4 is 17.5 Å². The summed E-state index contributed by atoms with van der Waals surface area (Å²) < 4.78 is 14.4. The van der Waals surface area contributed by atoms with E-state index in [4.69, 9.17) is 17.3 Å². The van der Waals surface area contributed by atoms with Gasteiger partial charge in [0.05, 0.1) is 11.1 Å². The molecule has 2 rings (SSSR count). The Hall–Kier alpha value is -1.13. The second kappa shape index (κ2) is 6.75. The molecule has 0 aliphatic carbocycles. The molecule has 1 amide bonds. The van der Waals surface area contributed by atoms with Crippen molar-refractivity contribution in [2.45, 2.75) is 45.2 Å². The van der Waals surface area contributed by atoms with Gasteiger partial charge in [0, 0.05) is 24.6 Å². The van der Waals surface area contributed by atoms with Gasteiger partial charge in [-0.3, -0.25) is 4.79 Å².